The molecule has 0 aromatic heterocycles. The first kappa shape index (κ1) is 18.0. The van der Waals surface area contributed by atoms with Crippen LogP contribution in [0.15, 0.2) is 46.9 Å². The zero-order valence-electron chi connectivity index (χ0n) is 13.8. The van der Waals surface area contributed by atoms with Crippen LogP contribution in [-0.4, -0.2) is 25.5 Å². The van der Waals surface area contributed by atoms with Gasteiger partial charge in [-0.15, -0.1) is 0 Å². The first-order chi connectivity index (χ1) is 11.4. The van der Waals surface area contributed by atoms with Gasteiger partial charge in [0.05, 0.1) is 12.2 Å². The lowest BCUT2D eigenvalue weighted by molar-refractivity contribution is -0.116. The smallest absolute Gasteiger partial charge is 0.259 e. The fourth-order valence-corrected chi connectivity index (χ4v) is 2.47. The number of carbonyl (C=O) groups is 2. The molecule has 0 aliphatic rings. The number of hydrogen-bond donors (Lipinski definition) is 1. The summed E-state index contributed by atoms with van der Waals surface area (Å²) in [6.45, 7) is 3.85. The Morgan fingerprint density at radius 1 is 1.17 bits per heavy atom. The van der Waals surface area contributed by atoms with E-state index in [1.807, 2.05) is 13.0 Å². The van der Waals surface area contributed by atoms with E-state index < -0.39 is 0 Å². The zero-order chi connectivity index (χ0) is 17.7. The second-order valence-corrected chi connectivity index (χ2v) is 6.07. The Morgan fingerprint density at radius 2 is 1.83 bits per heavy atom. The van der Waals surface area contributed by atoms with Gasteiger partial charge in [0.2, 0.25) is 5.91 Å². The summed E-state index contributed by atoms with van der Waals surface area (Å²) < 4.78 is 6.30. The summed E-state index contributed by atoms with van der Waals surface area (Å²) in [4.78, 5) is 25.4. The predicted octanol–water partition coefficient (Wildman–Crippen LogP) is 4.08. The highest BCUT2D eigenvalue weighted by atomic mass is 79.9. The van der Waals surface area contributed by atoms with Gasteiger partial charge >= 0.3 is 0 Å². The van der Waals surface area contributed by atoms with Crippen LogP contribution in [0.3, 0.4) is 0 Å². The minimum atomic E-state index is -0.257. The molecule has 1 N–H and O–H groups in total. The van der Waals surface area contributed by atoms with Gasteiger partial charge in [-0.3, -0.25) is 9.59 Å². The molecule has 2 rings (SSSR count). The van der Waals surface area contributed by atoms with Crippen molar-refractivity contribution in [1.29, 1.82) is 0 Å². The molecule has 24 heavy (non-hydrogen) atoms. The zero-order valence-corrected chi connectivity index (χ0v) is 15.4. The van der Waals surface area contributed by atoms with E-state index in [-0.39, 0.29) is 11.8 Å². The fourth-order valence-electron chi connectivity index (χ4n) is 2.11. The van der Waals surface area contributed by atoms with E-state index in [9.17, 15) is 9.59 Å². The molecule has 2 aromatic carbocycles. The molecule has 0 aliphatic carbocycles. The number of benzene rings is 2. The number of nitrogens with zero attached hydrogens (tertiary/aromatic N) is 1. The Balaban J connectivity index is 2.18. The molecule has 2 aromatic rings. The lowest BCUT2D eigenvalue weighted by Gasteiger charge is -2.15. The molecule has 0 unspecified atom stereocenters. The number of rotatable bonds is 5. The summed E-state index contributed by atoms with van der Waals surface area (Å²) in [7, 11) is 1.70. The third kappa shape index (κ3) is 4.35. The van der Waals surface area contributed by atoms with Crippen molar-refractivity contribution in [2.24, 2.45) is 0 Å². The van der Waals surface area contributed by atoms with Crippen LogP contribution in [0.2, 0.25) is 0 Å². The lowest BCUT2D eigenvalue weighted by atomic mass is 10.1. The third-order valence-corrected chi connectivity index (χ3v) is 3.96. The Morgan fingerprint density at radius 3 is 2.42 bits per heavy atom. The second-order valence-electron chi connectivity index (χ2n) is 5.15. The number of halogens is 1. The van der Waals surface area contributed by atoms with E-state index in [2.05, 4.69) is 21.2 Å². The number of carbonyl (C=O) groups excluding carboxylic acids is 2. The van der Waals surface area contributed by atoms with Crippen molar-refractivity contribution >= 4 is 39.1 Å². The van der Waals surface area contributed by atoms with E-state index in [1.54, 1.807) is 43.4 Å². The number of ether oxygens (including phenoxy) is 1. The quantitative estimate of drug-likeness (QED) is 0.836. The SMILES string of the molecule is CCOc1ccc(Br)cc1C(=O)Nc1ccc(N(C)C(C)=O)cc1. The molecular formula is C18H19BrN2O3. The van der Waals surface area contributed by atoms with Crippen LogP contribution in [0.5, 0.6) is 5.75 Å². The van der Waals surface area contributed by atoms with Crippen LogP contribution in [-0.2, 0) is 4.79 Å². The van der Waals surface area contributed by atoms with Gasteiger partial charge in [0, 0.05) is 29.8 Å². The molecule has 0 saturated heterocycles. The van der Waals surface area contributed by atoms with Gasteiger partial charge in [-0.1, -0.05) is 15.9 Å². The molecule has 0 atom stereocenters. The molecular weight excluding hydrogens is 372 g/mol. The van der Waals surface area contributed by atoms with Crippen LogP contribution < -0.4 is 15.0 Å². The molecule has 6 heteroatoms. The lowest BCUT2D eigenvalue weighted by Crippen LogP contribution is -2.22. The largest absolute Gasteiger partial charge is 0.493 e. The van der Waals surface area contributed by atoms with Crippen LogP contribution in [0, 0.1) is 0 Å². The minimum absolute atomic E-state index is 0.0534. The highest BCUT2D eigenvalue weighted by Gasteiger charge is 2.14. The van der Waals surface area contributed by atoms with Crippen LogP contribution in [0.1, 0.15) is 24.2 Å². The summed E-state index contributed by atoms with van der Waals surface area (Å²) in [6, 6.07) is 12.4. The van der Waals surface area contributed by atoms with Crippen molar-refractivity contribution in [2.75, 3.05) is 23.9 Å². The van der Waals surface area contributed by atoms with Crippen LogP contribution in [0.25, 0.3) is 0 Å². The van der Waals surface area contributed by atoms with Gasteiger partial charge in [-0.2, -0.15) is 0 Å². The number of nitrogens with one attached hydrogen (secondary N) is 1. The van der Waals surface area contributed by atoms with E-state index >= 15 is 0 Å². The number of hydrogen-bond acceptors (Lipinski definition) is 3. The molecule has 0 bridgehead atoms. The van der Waals surface area contributed by atoms with Gasteiger partial charge in [0.15, 0.2) is 0 Å². The summed E-state index contributed by atoms with van der Waals surface area (Å²) in [5.74, 6) is 0.223. The van der Waals surface area contributed by atoms with Crippen molar-refractivity contribution in [3.8, 4) is 5.75 Å². The standard InChI is InChI=1S/C18H19BrN2O3/c1-4-24-17-10-5-13(19)11-16(17)18(23)20-14-6-8-15(9-7-14)21(3)12(2)22/h5-11H,4H2,1-3H3,(H,20,23). The van der Waals surface area contributed by atoms with Gasteiger partial charge in [-0.25, -0.2) is 0 Å². The van der Waals surface area contributed by atoms with E-state index in [1.165, 1.54) is 11.8 Å². The molecule has 5 nitrogen and oxygen atoms in total. The highest BCUT2D eigenvalue weighted by Crippen LogP contribution is 2.25. The van der Waals surface area contributed by atoms with E-state index in [0.29, 0.717) is 23.6 Å². The fraction of sp³-hybridized carbons (Fsp3) is 0.222. The van der Waals surface area contributed by atoms with Gasteiger partial charge < -0.3 is 15.0 Å². The first-order valence-corrected chi connectivity index (χ1v) is 8.29. The number of anilines is 2. The van der Waals surface area contributed by atoms with Gasteiger partial charge in [0.25, 0.3) is 5.91 Å². The van der Waals surface area contributed by atoms with Gasteiger partial charge in [-0.05, 0) is 49.4 Å². The van der Waals surface area contributed by atoms with E-state index in [4.69, 9.17) is 4.74 Å². The summed E-state index contributed by atoms with van der Waals surface area (Å²) in [5, 5.41) is 2.84. The Kier molecular flexibility index (Phi) is 5.98. The van der Waals surface area contributed by atoms with Crippen molar-refractivity contribution in [2.45, 2.75) is 13.8 Å². The van der Waals surface area contributed by atoms with Crippen LogP contribution >= 0.6 is 15.9 Å². The molecule has 0 heterocycles. The molecule has 0 spiro atoms. The molecule has 126 valence electrons. The maximum absolute atomic E-state index is 12.5. The molecule has 0 fully saturated rings. The average molecular weight is 391 g/mol. The Bertz CT molecular complexity index is 744. The molecule has 0 aliphatic heterocycles. The second kappa shape index (κ2) is 7.97. The molecule has 0 radical (unpaired) electrons. The van der Waals surface area contributed by atoms with Crippen molar-refractivity contribution in [3.63, 3.8) is 0 Å². The van der Waals surface area contributed by atoms with Crippen LogP contribution in [0.4, 0.5) is 11.4 Å². The van der Waals surface area contributed by atoms with Crippen molar-refractivity contribution in [1.82, 2.24) is 0 Å². The first-order valence-electron chi connectivity index (χ1n) is 7.50. The predicted molar refractivity (Wildman–Crippen MR) is 98.8 cm³/mol. The summed E-state index contributed by atoms with van der Waals surface area (Å²) in [5.41, 5.74) is 1.86. The van der Waals surface area contributed by atoms with E-state index in [0.717, 1.165) is 10.2 Å². The summed E-state index contributed by atoms with van der Waals surface area (Å²) >= 11 is 3.37. The maximum Gasteiger partial charge on any atom is 0.259 e. The normalized spacial score (nSPS) is 10.2. The maximum atomic E-state index is 12.5. The Hall–Kier alpha value is -2.34. The topological polar surface area (TPSA) is 58.6 Å². The monoisotopic (exact) mass is 390 g/mol. The van der Waals surface area contributed by atoms with Crippen molar-refractivity contribution in [3.05, 3.63) is 52.5 Å². The molecule has 2 amide bonds. The van der Waals surface area contributed by atoms with Crippen molar-refractivity contribution < 1.29 is 14.3 Å². The highest BCUT2D eigenvalue weighted by molar-refractivity contribution is 9.10. The third-order valence-electron chi connectivity index (χ3n) is 3.47. The number of amides is 2. The van der Waals surface area contributed by atoms with Gasteiger partial charge in [0.1, 0.15) is 5.75 Å². The Labute approximate surface area is 149 Å². The minimum Gasteiger partial charge on any atom is -0.493 e. The molecule has 0 saturated carbocycles. The summed E-state index contributed by atoms with van der Waals surface area (Å²) in [6.07, 6.45) is 0. The average Bonchev–Trinajstić information content (AvgIpc) is 2.56.